The Morgan fingerprint density at radius 2 is 1.86 bits per heavy atom. The van der Waals surface area contributed by atoms with Gasteiger partial charge >= 0.3 is 0 Å². The number of ether oxygens (including phenoxy) is 1. The van der Waals surface area contributed by atoms with Crippen molar-refractivity contribution >= 4 is 22.9 Å². The molecule has 1 aliphatic rings. The zero-order valence-electron chi connectivity index (χ0n) is 20.3. The Labute approximate surface area is 215 Å². The lowest BCUT2D eigenvalue weighted by Gasteiger charge is -2.23. The Morgan fingerprint density at radius 3 is 2.68 bits per heavy atom. The van der Waals surface area contributed by atoms with Crippen LogP contribution in [0.2, 0.25) is 0 Å². The van der Waals surface area contributed by atoms with E-state index in [0.717, 1.165) is 52.4 Å². The molecule has 0 atom stereocenters. The van der Waals surface area contributed by atoms with Gasteiger partial charge in [-0.25, -0.2) is 9.97 Å². The lowest BCUT2D eigenvalue weighted by molar-refractivity contribution is 0.102. The second-order valence-electron chi connectivity index (χ2n) is 9.31. The van der Waals surface area contributed by atoms with Crippen LogP contribution in [0.1, 0.15) is 46.9 Å². The molecule has 1 amide bonds. The molecule has 7 nitrogen and oxygen atoms in total. The largest absolute Gasteiger partial charge is 0.489 e. The highest BCUT2D eigenvalue weighted by atomic mass is 16.5. The second kappa shape index (κ2) is 9.78. The summed E-state index contributed by atoms with van der Waals surface area (Å²) in [6.07, 6.45) is 7.20. The van der Waals surface area contributed by atoms with E-state index in [1.807, 2.05) is 72.9 Å². The quantitative estimate of drug-likeness (QED) is 0.289. The van der Waals surface area contributed by atoms with Crippen molar-refractivity contribution in [2.45, 2.75) is 31.8 Å². The van der Waals surface area contributed by atoms with Crippen LogP contribution in [-0.4, -0.2) is 20.3 Å². The first-order valence-corrected chi connectivity index (χ1v) is 12.5. The molecule has 37 heavy (non-hydrogen) atoms. The predicted octanol–water partition coefficient (Wildman–Crippen LogP) is 6.08. The zero-order chi connectivity index (χ0) is 25.2. The van der Waals surface area contributed by atoms with E-state index < -0.39 is 0 Å². The molecule has 0 aliphatic heterocycles. The Kier molecular flexibility index (Phi) is 6.02. The first kappa shape index (κ1) is 22.8. The topological polar surface area (TPSA) is 94.5 Å². The molecular formula is C30H27N5O2. The van der Waals surface area contributed by atoms with Crippen molar-refractivity contribution in [3.63, 3.8) is 0 Å². The molecule has 1 aliphatic carbocycles. The molecule has 2 heterocycles. The highest BCUT2D eigenvalue weighted by molar-refractivity contribution is 6.04. The van der Waals surface area contributed by atoms with Crippen LogP contribution in [0.4, 0.5) is 11.5 Å². The number of aromatic nitrogens is 3. The number of nitrogens with two attached hydrogens (primary N) is 1. The maximum Gasteiger partial charge on any atom is 0.255 e. The zero-order valence-corrected chi connectivity index (χ0v) is 20.3. The molecule has 2 aromatic heterocycles. The smallest absolute Gasteiger partial charge is 0.255 e. The van der Waals surface area contributed by atoms with Gasteiger partial charge in [-0.15, -0.1) is 0 Å². The predicted molar refractivity (Wildman–Crippen MR) is 145 cm³/mol. The van der Waals surface area contributed by atoms with Crippen molar-refractivity contribution in [3.8, 4) is 17.0 Å². The van der Waals surface area contributed by atoms with Gasteiger partial charge in [0.1, 0.15) is 35.2 Å². The number of hydrogen-bond donors (Lipinski definition) is 2. The van der Waals surface area contributed by atoms with Crippen molar-refractivity contribution in [2.75, 3.05) is 11.1 Å². The highest BCUT2D eigenvalue weighted by Crippen LogP contribution is 2.39. The van der Waals surface area contributed by atoms with E-state index >= 15 is 0 Å². The molecule has 0 bridgehead atoms. The first-order valence-electron chi connectivity index (χ1n) is 12.5. The summed E-state index contributed by atoms with van der Waals surface area (Å²) in [6, 6.07) is 24.7. The van der Waals surface area contributed by atoms with Gasteiger partial charge < -0.3 is 15.8 Å². The molecule has 0 radical (unpaired) electrons. The summed E-state index contributed by atoms with van der Waals surface area (Å²) in [5.41, 5.74) is 11.2. The monoisotopic (exact) mass is 489 g/mol. The maximum atomic E-state index is 12.5. The number of hydrogen-bond acceptors (Lipinski definition) is 5. The Hall–Kier alpha value is -4.65. The van der Waals surface area contributed by atoms with Gasteiger partial charge in [0.2, 0.25) is 0 Å². The number of benzene rings is 3. The number of fused-ring (bicyclic) bond motifs is 1. The van der Waals surface area contributed by atoms with Crippen LogP contribution >= 0.6 is 0 Å². The molecule has 184 valence electrons. The van der Waals surface area contributed by atoms with E-state index in [1.165, 1.54) is 6.42 Å². The summed E-state index contributed by atoms with van der Waals surface area (Å²) < 4.78 is 8.22. The van der Waals surface area contributed by atoms with Crippen LogP contribution < -0.4 is 15.8 Å². The number of carbonyl (C=O) groups excluding carboxylic acids is 1. The number of rotatable bonds is 7. The van der Waals surface area contributed by atoms with Crippen molar-refractivity contribution in [1.82, 2.24) is 14.4 Å². The third kappa shape index (κ3) is 4.63. The molecule has 5 aromatic rings. The standard InChI is InChI=1S/C30H27N5O2/c31-28-27-26(34-29(21-10-5-11-21)35(27)16-15-32-28)23-12-6-14-25(18-23)37-19-20-7-4-13-24(17-20)33-30(36)22-8-2-1-3-9-22/h1-4,6-9,12-18,21H,5,10-11,19H2,(H2,31,32)(H,33,36). The van der Waals surface area contributed by atoms with Crippen LogP contribution in [0.15, 0.2) is 91.3 Å². The van der Waals surface area contributed by atoms with Crippen LogP contribution in [-0.2, 0) is 6.61 Å². The number of nitrogens with one attached hydrogen (secondary N) is 1. The molecular weight excluding hydrogens is 462 g/mol. The Balaban J connectivity index is 1.21. The molecule has 0 spiro atoms. The summed E-state index contributed by atoms with van der Waals surface area (Å²) in [5.74, 6) is 2.55. The molecule has 1 fully saturated rings. The van der Waals surface area contributed by atoms with Gasteiger partial charge in [-0.05, 0) is 54.8 Å². The Morgan fingerprint density at radius 1 is 1.03 bits per heavy atom. The average Bonchev–Trinajstić information content (AvgIpc) is 3.28. The summed E-state index contributed by atoms with van der Waals surface area (Å²) in [5, 5.41) is 2.95. The first-order chi connectivity index (χ1) is 18.2. The number of imidazole rings is 1. The molecule has 1 saturated carbocycles. The normalized spacial score (nSPS) is 13.3. The molecule has 6 rings (SSSR count). The minimum Gasteiger partial charge on any atom is -0.489 e. The van der Waals surface area contributed by atoms with Gasteiger partial charge in [0.05, 0.1) is 0 Å². The summed E-state index contributed by atoms with van der Waals surface area (Å²) >= 11 is 0. The molecule has 3 N–H and O–H groups in total. The summed E-state index contributed by atoms with van der Waals surface area (Å²) in [4.78, 5) is 21.8. The fraction of sp³-hybridized carbons (Fsp3) is 0.167. The van der Waals surface area contributed by atoms with Crippen molar-refractivity contribution in [3.05, 3.63) is 108 Å². The highest BCUT2D eigenvalue weighted by Gasteiger charge is 2.27. The number of amides is 1. The van der Waals surface area contributed by atoms with Crippen molar-refractivity contribution < 1.29 is 9.53 Å². The van der Waals surface area contributed by atoms with E-state index in [0.29, 0.717) is 23.9 Å². The lowest BCUT2D eigenvalue weighted by Crippen LogP contribution is -2.12. The van der Waals surface area contributed by atoms with Crippen LogP contribution in [0.3, 0.4) is 0 Å². The van der Waals surface area contributed by atoms with Gasteiger partial charge in [-0.2, -0.15) is 0 Å². The van der Waals surface area contributed by atoms with Gasteiger partial charge in [-0.3, -0.25) is 9.20 Å². The minimum absolute atomic E-state index is 0.145. The Bertz CT molecular complexity index is 1570. The number of nitrogens with zero attached hydrogens (tertiary/aromatic N) is 3. The SMILES string of the molecule is Nc1nccn2c(C3CCC3)nc(-c3cccc(OCc4cccc(NC(=O)c5ccccc5)c4)c3)c12. The minimum atomic E-state index is -0.145. The third-order valence-electron chi connectivity index (χ3n) is 6.81. The average molecular weight is 490 g/mol. The number of carbonyl (C=O) groups is 1. The van der Waals surface area contributed by atoms with Crippen LogP contribution in [0, 0.1) is 0 Å². The fourth-order valence-electron chi connectivity index (χ4n) is 4.67. The van der Waals surface area contributed by atoms with Gasteiger partial charge in [0.15, 0.2) is 0 Å². The van der Waals surface area contributed by atoms with E-state index in [-0.39, 0.29) is 5.91 Å². The van der Waals surface area contributed by atoms with Crippen molar-refractivity contribution in [2.24, 2.45) is 0 Å². The number of anilines is 2. The maximum absolute atomic E-state index is 12.5. The lowest BCUT2D eigenvalue weighted by atomic mass is 9.85. The summed E-state index contributed by atoms with van der Waals surface area (Å²) in [7, 11) is 0. The molecule has 0 unspecified atom stereocenters. The molecule has 7 heteroatoms. The third-order valence-corrected chi connectivity index (χ3v) is 6.81. The fourth-order valence-corrected chi connectivity index (χ4v) is 4.67. The van der Waals surface area contributed by atoms with E-state index in [9.17, 15) is 4.79 Å². The van der Waals surface area contributed by atoms with Gasteiger partial charge in [-0.1, -0.05) is 48.9 Å². The second-order valence-corrected chi connectivity index (χ2v) is 9.31. The van der Waals surface area contributed by atoms with E-state index in [2.05, 4.69) is 14.7 Å². The van der Waals surface area contributed by atoms with Gasteiger partial charge in [0, 0.05) is 35.1 Å². The van der Waals surface area contributed by atoms with E-state index in [4.69, 9.17) is 15.5 Å². The van der Waals surface area contributed by atoms with Crippen LogP contribution in [0.25, 0.3) is 16.8 Å². The molecule has 3 aromatic carbocycles. The summed E-state index contributed by atoms with van der Waals surface area (Å²) in [6.45, 7) is 0.361. The number of nitrogen functional groups attached to an aromatic ring is 1. The molecule has 0 saturated heterocycles. The van der Waals surface area contributed by atoms with E-state index in [1.54, 1.807) is 18.3 Å². The van der Waals surface area contributed by atoms with Gasteiger partial charge in [0.25, 0.3) is 5.91 Å². The van der Waals surface area contributed by atoms with Crippen molar-refractivity contribution in [1.29, 1.82) is 0 Å². The van der Waals surface area contributed by atoms with Crippen LogP contribution in [0.5, 0.6) is 5.75 Å².